The van der Waals surface area contributed by atoms with E-state index in [1.165, 1.54) is 14.0 Å². The maximum atomic E-state index is 11.4. The number of amides is 1. The number of nitrogens with one attached hydrogen (secondary N) is 2. The first-order chi connectivity index (χ1) is 7.88. The van der Waals surface area contributed by atoms with E-state index in [9.17, 15) is 14.7 Å². The number of aliphatic hydroxyl groups excluding tert-OH is 1. The normalized spacial score (nSPS) is 15.8. The van der Waals surface area contributed by atoms with Gasteiger partial charge in [0.2, 0.25) is 5.91 Å². The Kier molecular flexibility index (Phi) is 6.75. The third-order valence-electron chi connectivity index (χ3n) is 2.73. The Morgan fingerprint density at radius 3 is 2.41 bits per heavy atom. The minimum Gasteiger partial charge on any atom is -0.467 e. The summed E-state index contributed by atoms with van der Waals surface area (Å²) in [5.41, 5.74) is -0.468. The van der Waals surface area contributed by atoms with Crippen LogP contribution in [0.25, 0.3) is 0 Å². The van der Waals surface area contributed by atoms with Crippen molar-refractivity contribution < 1.29 is 19.4 Å². The molecule has 0 radical (unpaired) electrons. The van der Waals surface area contributed by atoms with Crippen molar-refractivity contribution in [3.63, 3.8) is 0 Å². The van der Waals surface area contributed by atoms with Crippen molar-refractivity contribution in [1.29, 1.82) is 0 Å². The molecule has 3 N–H and O–H groups in total. The monoisotopic (exact) mass is 246 g/mol. The SMILES string of the molecule is CCC(C)(CO)NCC(NC(C)=O)C(=O)OC. The lowest BCUT2D eigenvalue weighted by Crippen LogP contribution is -2.54. The molecule has 0 rings (SSSR count). The summed E-state index contributed by atoms with van der Waals surface area (Å²) in [6.45, 7) is 5.28. The fraction of sp³-hybridized carbons (Fsp3) is 0.818. The Morgan fingerprint density at radius 1 is 1.47 bits per heavy atom. The number of ether oxygens (including phenoxy) is 1. The van der Waals surface area contributed by atoms with Crippen molar-refractivity contribution in [3.05, 3.63) is 0 Å². The quantitative estimate of drug-likeness (QED) is 0.523. The predicted octanol–water partition coefficient (Wildman–Crippen LogP) is -0.585. The number of hydrogen-bond acceptors (Lipinski definition) is 5. The summed E-state index contributed by atoms with van der Waals surface area (Å²) in [5, 5.41) is 14.8. The van der Waals surface area contributed by atoms with E-state index in [4.69, 9.17) is 0 Å². The summed E-state index contributed by atoms with van der Waals surface area (Å²) >= 11 is 0. The van der Waals surface area contributed by atoms with Gasteiger partial charge in [-0.2, -0.15) is 0 Å². The van der Waals surface area contributed by atoms with Crippen LogP contribution in [-0.2, 0) is 14.3 Å². The number of methoxy groups -OCH3 is 1. The van der Waals surface area contributed by atoms with Crippen LogP contribution in [0.3, 0.4) is 0 Å². The molecule has 6 heteroatoms. The zero-order valence-corrected chi connectivity index (χ0v) is 10.9. The van der Waals surface area contributed by atoms with Crippen LogP contribution in [0.4, 0.5) is 0 Å². The second kappa shape index (κ2) is 7.24. The van der Waals surface area contributed by atoms with Gasteiger partial charge in [0.05, 0.1) is 13.7 Å². The molecule has 0 aromatic carbocycles. The van der Waals surface area contributed by atoms with Gasteiger partial charge < -0.3 is 20.5 Å². The Bertz CT molecular complexity index is 264. The van der Waals surface area contributed by atoms with Crippen LogP contribution in [0, 0.1) is 0 Å². The standard InChI is InChI=1S/C11H22N2O4/c1-5-11(3,7-14)12-6-9(10(16)17-4)13-8(2)15/h9,12,14H,5-7H2,1-4H3,(H,13,15). The highest BCUT2D eigenvalue weighted by atomic mass is 16.5. The Labute approximate surface area is 102 Å². The van der Waals surface area contributed by atoms with Crippen molar-refractivity contribution in [1.82, 2.24) is 10.6 Å². The molecule has 0 aromatic heterocycles. The maximum Gasteiger partial charge on any atom is 0.329 e. The van der Waals surface area contributed by atoms with Gasteiger partial charge in [-0.1, -0.05) is 6.92 Å². The molecule has 17 heavy (non-hydrogen) atoms. The van der Waals surface area contributed by atoms with Crippen LogP contribution in [0.1, 0.15) is 27.2 Å². The molecular weight excluding hydrogens is 224 g/mol. The highest BCUT2D eigenvalue weighted by Gasteiger charge is 2.25. The molecule has 0 bridgehead atoms. The van der Waals surface area contributed by atoms with E-state index in [1.54, 1.807) is 0 Å². The van der Waals surface area contributed by atoms with Gasteiger partial charge in [0.25, 0.3) is 0 Å². The van der Waals surface area contributed by atoms with E-state index in [0.29, 0.717) is 6.42 Å². The van der Waals surface area contributed by atoms with Crippen molar-refractivity contribution in [2.45, 2.75) is 38.8 Å². The molecule has 0 spiro atoms. The van der Waals surface area contributed by atoms with Gasteiger partial charge in [-0.05, 0) is 13.3 Å². The van der Waals surface area contributed by atoms with Gasteiger partial charge in [-0.25, -0.2) is 4.79 Å². The highest BCUT2D eigenvalue weighted by molar-refractivity contribution is 5.83. The molecular formula is C11H22N2O4. The zero-order valence-electron chi connectivity index (χ0n) is 10.9. The molecule has 6 nitrogen and oxygen atoms in total. The van der Waals surface area contributed by atoms with Crippen molar-refractivity contribution in [3.8, 4) is 0 Å². The van der Waals surface area contributed by atoms with Crippen LogP contribution in [0.15, 0.2) is 0 Å². The minimum absolute atomic E-state index is 0.0442. The summed E-state index contributed by atoms with van der Waals surface area (Å²) in [5.74, 6) is -0.812. The molecule has 0 heterocycles. The highest BCUT2D eigenvalue weighted by Crippen LogP contribution is 2.07. The minimum atomic E-state index is -0.741. The van der Waals surface area contributed by atoms with E-state index in [0.717, 1.165) is 0 Å². The molecule has 2 atom stereocenters. The summed E-state index contributed by atoms with van der Waals surface area (Å²) in [6, 6.07) is -0.741. The molecule has 2 unspecified atom stereocenters. The molecule has 0 fully saturated rings. The van der Waals surface area contributed by atoms with Gasteiger partial charge in [0.15, 0.2) is 0 Å². The number of rotatable bonds is 7. The topological polar surface area (TPSA) is 87.7 Å². The van der Waals surface area contributed by atoms with Crippen LogP contribution in [-0.4, -0.2) is 48.8 Å². The molecule has 100 valence electrons. The fourth-order valence-electron chi connectivity index (χ4n) is 1.22. The first-order valence-electron chi connectivity index (χ1n) is 5.59. The van der Waals surface area contributed by atoms with Crippen LogP contribution in [0.2, 0.25) is 0 Å². The molecule has 0 aliphatic heterocycles. The summed E-state index contributed by atoms with van der Waals surface area (Å²) in [4.78, 5) is 22.3. The van der Waals surface area contributed by atoms with Gasteiger partial charge >= 0.3 is 5.97 Å². The average Bonchev–Trinajstić information content (AvgIpc) is 2.32. The Morgan fingerprint density at radius 2 is 2.06 bits per heavy atom. The predicted molar refractivity (Wildman–Crippen MR) is 63.4 cm³/mol. The molecule has 0 aliphatic rings. The van der Waals surface area contributed by atoms with Crippen LogP contribution < -0.4 is 10.6 Å². The number of hydrogen-bond donors (Lipinski definition) is 3. The number of esters is 1. The van der Waals surface area contributed by atoms with Crippen molar-refractivity contribution >= 4 is 11.9 Å². The molecule has 0 saturated heterocycles. The molecule has 1 amide bonds. The molecule has 0 saturated carbocycles. The molecule has 0 aromatic rings. The van der Waals surface area contributed by atoms with Crippen LogP contribution in [0.5, 0.6) is 0 Å². The van der Waals surface area contributed by atoms with E-state index in [1.807, 2.05) is 13.8 Å². The zero-order chi connectivity index (χ0) is 13.5. The lowest BCUT2D eigenvalue weighted by molar-refractivity contribution is -0.144. The lowest BCUT2D eigenvalue weighted by Gasteiger charge is -2.29. The Balaban J connectivity index is 4.44. The number of aliphatic hydroxyl groups is 1. The summed E-state index contributed by atoms with van der Waals surface area (Å²) < 4.78 is 4.59. The summed E-state index contributed by atoms with van der Waals surface area (Å²) in [7, 11) is 1.27. The van der Waals surface area contributed by atoms with E-state index in [-0.39, 0.29) is 19.1 Å². The molecule has 0 aliphatic carbocycles. The smallest absolute Gasteiger partial charge is 0.329 e. The van der Waals surface area contributed by atoms with E-state index < -0.39 is 17.6 Å². The lowest BCUT2D eigenvalue weighted by atomic mass is 10.00. The first kappa shape index (κ1) is 15.9. The van der Waals surface area contributed by atoms with Crippen molar-refractivity contribution in [2.75, 3.05) is 20.3 Å². The third kappa shape index (κ3) is 5.65. The van der Waals surface area contributed by atoms with Crippen molar-refractivity contribution in [2.24, 2.45) is 0 Å². The largest absolute Gasteiger partial charge is 0.467 e. The first-order valence-corrected chi connectivity index (χ1v) is 5.59. The van der Waals surface area contributed by atoms with E-state index >= 15 is 0 Å². The maximum absolute atomic E-state index is 11.4. The van der Waals surface area contributed by atoms with Crippen LogP contribution >= 0.6 is 0 Å². The van der Waals surface area contributed by atoms with Gasteiger partial charge in [0, 0.05) is 19.0 Å². The second-order valence-corrected chi connectivity index (χ2v) is 4.23. The fourth-order valence-corrected chi connectivity index (χ4v) is 1.22. The number of carbonyl (C=O) groups excluding carboxylic acids is 2. The van der Waals surface area contributed by atoms with Gasteiger partial charge in [-0.15, -0.1) is 0 Å². The third-order valence-corrected chi connectivity index (χ3v) is 2.73. The average molecular weight is 246 g/mol. The van der Waals surface area contributed by atoms with Gasteiger partial charge in [0.1, 0.15) is 6.04 Å². The Hall–Kier alpha value is -1.14. The van der Waals surface area contributed by atoms with E-state index in [2.05, 4.69) is 15.4 Å². The van der Waals surface area contributed by atoms with Gasteiger partial charge in [-0.3, -0.25) is 4.79 Å². The number of carbonyl (C=O) groups is 2. The summed E-state index contributed by atoms with van der Waals surface area (Å²) in [6.07, 6.45) is 0.706. The second-order valence-electron chi connectivity index (χ2n) is 4.23.